The highest BCUT2D eigenvalue weighted by Gasteiger charge is 2.60. The van der Waals surface area contributed by atoms with Gasteiger partial charge in [-0.2, -0.15) is 0 Å². The Labute approximate surface area is 127 Å². The molecule has 2 N–H and O–H groups in total. The summed E-state index contributed by atoms with van der Waals surface area (Å²) in [5, 5.41) is 22.0. The minimum Gasteiger partial charge on any atom is -0.459 e. The third kappa shape index (κ3) is 2.85. The molecular weight excluding hydrogens is 268 g/mol. The van der Waals surface area contributed by atoms with Crippen LogP contribution in [0.3, 0.4) is 0 Å². The number of hydrogen-bond acceptors (Lipinski definition) is 4. The number of carbonyl (C=O) groups is 1. The summed E-state index contributed by atoms with van der Waals surface area (Å²) in [5.41, 5.74) is -1.90. The molecule has 2 aliphatic rings. The standard InChI is InChI=1S/C17H30O4/c1-10(2)13-7-6-11(3)17(20)9-8-16(5,19)15(14(13)17)21-12(4)18/h10-11,13-15,19-20H,6-9H2,1-5H3. The van der Waals surface area contributed by atoms with Crippen LogP contribution in [-0.2, 0) is 9.53 Å². The number of aliphatic hydroxyl groups is 2. The molecule has 21 heavy (non-hydrogen) atoms. The fraction of sp³-hybridized carbons (Fsp3) is 0.941. The molecule has 2 saturated carbocycles. The highest BCUT2D eigenvalue weighted by Crippen LogP contribution is 2.54. The highest BCUT2D eigenvalue weighted by molar-refractivity contribution is 5.66. The van der Waals surface area contributed by atoms with E-state index >= 15 is 0 Å². The molecule has 0 spiro atoms. The minimum absolute atomic E-state index is 0.173. The topological polar surface area (TPSA) is 66.8 Å². The number of fused-ring (bicyclic) bond motifs is 1. The van der Waals surface area contributed by atoms with Gasteiger partial charge < -0.3 is 14.9 Å². The van der Waals surface area contributed by atoms with Crippen LogP contribution in [0.4, 0.5) is 0 Å². The summed E-state index contributed by atoms with van der Waals surface area (Å²) in [6, 6.07) is 0. The van der Waals surface area contributed by atoms with Gasteiger partial charge in [0.1, 0.15) is 6.10 Å². The van der Waals surface area contributed by atoms with Crippen LogP contribution in [-0.4, -0.2) is 33.5 Å². The van der Waals surface area contributed by atoms with Gasteiger partial charge >= 0.3 is 5.97 Å². The number of esters is 1. The van der Waals surface area contributed by atoms with Gasteiger partial charge in [0.2, 0.25) is 0 Å². The van der Waals surface area contributed by atoms with Gasteiger partial charge in [-0.15, -0.1) is 0 Å². The van der Waals surface area contributed by atoms with Crippen LogP contribution >= 0.6 is 0 Å². The first-order valence-electron chi connectivity index (χ1n) is 8.21. The third-order valence-electron chi connectivity index (χ3n) is 5.94. The van der Waals surface area contributed by atoms with Gasteiger partial charge in [-0.25, -0.2) is 0 Å². The summed E-state index contributed by atoms with van der Waals surface area (Å²) in [7, 11) is 0. The van der Waals surface area contributed by atoms with E-state index in [1.165, 1.54) is 6.92 Å². The Hall–Kier alpha value is -0.610. The van der Waals surface area contributed by atoms with Gasteiger partial charge in [0.15, 0.2) is 0 Å². The Kier molecular flexibility index (Phi) is 4.42. The Morgan fingerprint density at radius 3 is 2.38 bits per heavy atom. The Morgan fingerprint density at radius 2 is 1.86 bits per heavy atom. The van der Waals surface area contributed by atoms with Crippen LogP contribution in [0.15, 0.2) is 0 Å². The average molecular weight is 298 g/mol. The van der Waals surface area contributed by atoms with Crippen molar-refractivity contribution >= 4 is 5.97 Å². The maximum atomic E-state index is 11.5. The number of rotatable bonds is 2. The summed E-state index contributed by atoms with van der Waals surface area (Å²) >= 11 is 0. The Morgan fingerprint density at radius 1 is 1.24 bits per heavy atom. The molecule has 2 rings (SSSR count). The second kappa shape index (κ2) is 5.54. The van der Waals surface area contributed by atoms with Crippen LogP contribution in [0.1, 0.15) is 60.3 Å². The van der Waals surface area contributed by atoms with Crippen molar-refractivity contribution in [3.63, 3.8) is 0 Å². The first kappa shape index (κ1) is 16.8. The average Bonchev–Trinajstić information content (AvgIpc) is 2.35. The van der Waals surface area contributed by atoms with Crippen LogP contribution in [0, 0.1) is 23.7 Å². The lowest BCUT2D eigenvalue weighted by Crippen LogP contribution is -2.66. The molecule has 0 bridgehead atoms. The van der Waals surface area contributed by atoms with E-state index in [4.69, 9.17) is 4.74 Å². The molecule has 6 unspecified atom stereocenters. The Bertz CT molecular complexity index is 404. The summed E-state index contributed by atoms with van der Waals surface area (Å²) in [6.45, 7) is 9.48. The summed E-state index contributed by atoms with van der Waals surface area (Å²) in [4.78, 5) is 11.5. The van der Waals surface area contributed by atoms with Crippen molar-refractivity contribution in [2.24, 2.45) is 23.7 Å². The molecule has 4 nitrogen and oxygen atoms in total. The number of carbonyl (C=O) groups excluding carboxylic acids is 1. The maximum absolute atomic E-state index is 11.5. The minimum atomic E-state index is -1.06. The first-order valence-corrected chi connectivity index (χ1v) is 8.21. The maximum Gasteiger partial charge on any atom is 0.303 e. The van der Waals surface area contributed by atoms with Gasteiger partial charge in [-0.1, -0.05) is 20.8 Å². The largest absolute Gasteiger partial charge is 0.459 e. The molecule has 0 aromatic rings. The van der Waals surface area contributed by atoms with Crippen molar-refractivity contribution in [1.82, 2.24) is 0 Å². The highest BCUT2D eigenvalue weighted by atomic mass is 16.6. The third-order valence-corrected chi connectivity index (χ3v) is 5.94. The summed E-state index contributed by atoms with van der Waals surface area (Å²) < 4.78 is 5.52. The molecule has 0 aromatic carbocycles. The summed E-state index contributed by atoms with van der Waals surface area (Å²) in [6.07, 6.45) is 2.42. The molecule has 2 aliphatic carbocycles. The van der Waals surface area contributed by atoms with E-state index in [2.05, 4.69) is 20.8 Å². The van der Waals surface area contributed by atoms with Crippen molar-refractivity contribution < 1.29 is 19.7 Å². The van der Waals surface area contributed by atoms with E-state index in [0.29, 0.717) is 18.8 Å². The van der Waals surface area contributed by atoms with Crippen LogP contribution in [0.2, 0.25) is 0 Å². The zero-order chi connectivity index (χ0) is 16.0. The molecule has 0 amide bonds. The van der Waals surface area contributed by atoms with Gasteiger partial charge in [0.25, 0.3) is 0 Å². The lowest BCUT2D eigenvalue weighted by Gasteiger charge is -2.58. The van der Waals surface area contributed by atoms with Crippen LogP contribution in [0.25, 0.3) is 0 Å². The molecular formula is C17H30O4. The van der Waals surface area contributed by atoms with Crippen LogP contribution in [0.5, 0.6) is 0 Å². The zero-order valence-corrected chi connectivity index (χ0v) is 13.9. The van der Waals surface area contributed by atoms with Crippen molar-refractivity contribution in [3.05, 3.63) is 0 Å². The second-order valence-electron chi connectivity index (χ2n) is 7.79. The van der Waals surface area contributed by atoms with E-state index in [1.54, 1.807) is 6.92 Å². The fourth-order valence-electron chi connectivity index (χ4n) is 4.58. The van der Waals surface area contributed by atoms with E-state index in [9.17, 15) is 15.0 Å². The quantitative estimate of drug-likeness (QED) is 0.769. The molecule has 0 heterocycles. The molecule has 4 heteroatoms. The first-order chi connectivity index (χ1) is 9.59. The van der Waals surface area contributed by atoms with E-state index in [1.807, 2.05) is 0 Å². The molecule has 0 radical (unpaired) electrons. The zero-order valence-electron chi connectivity index (χ0n) is 13.9. The SMILES string of the molecule is CC(=O)OC1C2C(C(C)C)CCC(C)C2(O)CCC1(C)O. The Balaban J connectivity index is 2.44. The van der Waals surface area contributed by atoms with Crippen molar-refractivity contribution in [1.29, 1.82) is 0 Å². The lowest BCUT2D eigenvalue weighted by atomic mass is 9.53. The molecule has 122 valence electrons. The van der Waals surface area contributed by atoms with Crippen LogP contribution < -0.4 is 0 Å². The summed E-state index contributed by atoms with van der Waals surface area (Å²) in [5.74, 6) is 0.258. The molecule has 0 saturated heterocycles. The van der Waals surface area contributed by atoms with Crippen molar-refractivity contribution in [2.75, 3.05) is 0 Å². The molecule has 0 aliphatic heterocycles. The molecule has 2 fully saturated rings. The lowest BCUT2D eigenvalue weighted by molar-refractivity contribution is -0.245. The van der Waals surface area contributed by atoms with Crippen molar-refractivity contribution in [3.8, 4) is 0 Å². The normalized spacial score (nSPS) is 47.0. The second-order valence-corrected chi connectivity index (χ2v) is 7.79. The van der Waals surface area contributed by atoms with E-state index in [-0.39, 0.29) is 23.7 Å². The van der Waals surface area contributed by atoms with E-state index in [0.717, 1.165) is 12.8 Å². The number of hydrogen-bond donors (Lipinski definition) is 2. The van der Waals surface area contributed by atoms with E-state index < -0.39 is 17.3 Å². The predicted octanol–water partition coefficient (Wildman–Crippen LogP) is 2.51. The van der Waals surface area contributed by atoms with Crippen molar-refractivity contribution in [2.45, 2.75) is 77.6 Å². The smallest absolute Gasteiger partial charge is 0.303 e. The monoisotopic (exact) mass is 298 g/mol. The predicted molar refractivity (Wildman–Crippen MR) is 80.6 cm³/mol. The fourth-order valence-corrected chi connectivity index (χ4v) is 4.58. The van der Waals surface area contributed by atoms with Gasteiger partial charge in [0.05, 0.1) is 11.2 Å². The number of ether oxygens (including phenoxy) is 1. The molecule has 0 aromatic heterocycles. The van der Waals surface area contributed by atoms with Gasteiger partial charge in [0, 0.05) is 12.8 Å². The van der Waals surface area contributed by atoms with Gasteiger partial charge in [-0.05, 0) is 50.4 Å². The molecule has 6 atom stereocenters. The van der Waals surface area contributed by atoms with Gasteiger partial charge in [-0.3, -0.25) is 4.79 Å².